The zero-order chi connectivity index (χ0) is 13.7. The van der Waals surface area contributed by atoms with Crippen LogP contribution in [0.25, 0.3) is 0 Å². The van der Waals surface area contributed by atoms with Crippen molar-refractivity contribution in [3.05, 3.63) is 56.5 Å². The van der Waals surface area contributed by atoms with Crippen molar-refractivity contribution in [1.82, 2.24) is 0 Å². The molecule has 0 aliphatic heterocycles. The molecule has 0 atom stereocenters. The summed E-state index contributed by atoms with van der Waals surface area (Å²) >= 11 is 21.9. The van der Waals surface area contributed by atoms with Gasteiger partial charge in [-0.1, -0.05) is 58.5 Å². The van der Waals surface area contributed by atoms with Crippen molar-refractivity contribution in [3.63, 3.8) is 0 Å². The van der Waals surface area contributed by atoms with Crippen LogP contribution in [0.5, 0.6) is 11.5 Å². The van der Waals surface area contributed by atoms with E-state index in [1.54, 1.807) is 36.4 Å². The Labute approximate surface area is 193 Å². The van der Waals surface area contributed by atoms with Gasteiger partial charge in [0.05, 0.1) is 20.1 Å². The van der Waals surface area contributed by atoms with Gasteiger partial charge in [-0.15, -0.1) is 0 Å². The summed E-state index contributed by atoms with van der Waals surface area (Å²) in [6.45, 7) is 0. The van der Waals surface area contributed by atoms with Crippen molar-refractivity contribution in [2.75, 3.05) is 0 Å². The first-order chi connectivity index (χ1) is 8.43. The third-order valence-corrected chi connectivity index (χ3v) is 3.10. The van der Waals surface area contributed by atoms with E-state index in [2.05, 4.69) is 0 Å². The summed E-state index contributed by atoms with van der Waals surface area (Å²) in [5, 5.41) is 19.0. The number of rotatable bonds is 0. The molecule has 0 saturated carbocycles. The van der Waals surface area contributed by atoms with Crippen molar-refractivity contribution in [2.24, 2.45) is 0 Å². The number of hydrogen-bond donors (Lipinski definition) is 2. The first kappa shape index (κ1) is 35.2. The molecule has 23 heavy (non-hydrogen) atoms. The average molecular weight is 652 g/mol. The maximum Gasteiger partial charge on any atom is 0.152 e. The molecule has 134 valence electrons. The quantitative estimate of drug-likeness (QED) is 0.298. The van der Waals surface area contributed by atoms with E-state index in [0.717, 1.165) is 0 Å². The number of phenolic OH excluding ortho intramolecular Hbond substituents is 2. The second-order valence-electron chi connectivity index (χ2n) is 3.14. The van der Waals surface area contributed by atoms with Crippen LogP contribution in [0.3, 0.4) is 0 Å². The van der Waals surface area contributed by atoms with E-state index >= 15 is 0 Å². The van der Waals surface area contributed by atoms with Crippen molar-refractivity contribution in [1.29, 1.82) is 0 Å². The van der Waals surface area contributed by atoms with Crippen molar-refractivity contribution < 1.29 is 80.9 Å². The molecule has 0 heterocycles. The molecule has 0 fully saturated rings. The molecule has 0 amide bonds. The topological polar surface area (TPSA) is 40.5 Å². The molecule has 2 nitrogen and oxygen atoms in total. The summed E-state index contributed by atoms with van der Waals surface area (Å²) in [6.07, 6.45) is 0. The van der Waals surface area contributed by atoms with Crippen LogP contribution < -0.4 is 49.6 Å². The van der Waals surface area contributed by atoms with Gasteiger partial charge >= 0.3 is 0 Å². The minimum Gasteiger partial charge on any atom is -1.00 e. The smallest absolute Gasteiger partial charge is 0.152 e. The summed E-state index contributed by atoms with van der Waals surface area (Å²) < 4.78 is 0. The molecular formula is C12H8Cl8O2W-4. The molecule has 0 unspecified atom stereocenters. The van der Waals surface area contributed by atoms with Gasteiger partial charge in [-0.05, 0) is 24.3 Å². The fourth-order valence-electron chi connectivity index (χ4n) is 0.978. The number of halogens is 8. The van der Waals surface area contributed by atoms with E-state index in [1.807, 2.05) is 0 Å². The molecule has 0 spiro atoms. The van der Waals surface area contributed by atoms with Crippen LogP contribution in [0.15, 0.2) is 36.4 Å². The molecular weight excluding hydrogens is 644 g/mol. The molecule has 0 aliphatic rings. The Morgan fingerprint density at radius 1 is 0.522 bits per heavy atom. The van der Waals surface area contributed by atoms with E-state index in [9.17, 15) is 0 Å². The van der Waals surface area contributed by atoms with Crippen LogP contribution >= 0.6 is 46.4 Å². The second kappa shape index (κ2) is 17.9. The minimum absolute atomic E-state index is 0. The average Bonchev–Trinajstić information content (AvgIpc) is 2.34. The predicted molar refractivity (Wildman–Crippen MR) is 76.3 cm³/mol. The zero-order valence-corrected chi connectivity index (χ0v) is 19.8. The molecule has 0 radical (unpaired) electrons. The Morgan fingerprint density at radius 2 is 0.696 bits per heavy atom. The predicted octanol–water partition coefficient (Wildman–Crippen LogP) is -6.59. The number of phenols is 2. The summed E-state index contributed by atoms with van der Waals surface area (Å²) in [5.41, 5.74) is 0. The number of benzene rings is 2. The van der Waals surface area contributed by atoms with Crippen molar-refractivity contribution in [2.45, 2.75) is 0 Å². The zero-order valence-electron chi connectivity index (χ0n) is 10.8. The van der Waals surface area contributed by atoms with Gasteiger partial charge in [0, 0.05) is 21.1 Å². The Morgan fingerprint density at radius 3 is 0.826 bits per heavy atom. The van der Waals surface area contributed by atoms with E-state index in [0.29, 0.717) is 0 Å². The number of hydrogen-bond acceptors (Lipinski definition) is 2. The van der Waals surface area contributed by atoms with Crippen molar-refractivity contribution in [3.8, 4) is 11.5 Å². The molecule has 2 N–H and O–H groups in total. The second-order valence-corrected chi connectivity index (χ2v) is 4.77. The SMILES string of the molecule is Oc1c(Cl)cccc1Cl.Oc1c(Cl)cccc1Cl.[Cl-].[Cl-].[Cl-].[Cl-].[W]. The van der Waals surface area contributed by atoms with Gasteiger partial charge in [-0.3, -0.25) is 0 Å². The minimum atomic E-state index is -0.0548. The molecule has 11 heteroatoms. The fourth-order valence-corrected chi connectivity index (χ4v) is 1.77. The van der Waals surface area contributed by atoms with Gasteiger partial charge in [-0.2, -0.15) is 0 Å². The Hall–Kier alpha value is 1.05. The molecule has 0 aromatic heterocycles. The first-order valence-electron chi connectivity index (χ1n) is 4.69. The molecule has 2 aromatic rings. The number of para-hydroxylation sites is 2. The van der Waals surface area contributed by atoms with E-state index < -0.39 is 0 Å². The normalized spacial score (nSPS) is 7.48. The van der Waals surface area contributed by atoms with Crippen LogP contribution in [0.1, 0.15) is 0 Å². The van der Waals surface area contributed by atoms with E-state index in [1.165, 1.54) is 0 Å². The van der Waals surface area contributed by atoms with Gasteiger partial charge in [0.2, 0.25) is 0 Å². The summed E-state index contributed by atoms with van der Waals surface area (Å²) in [5.74, 6) is -0.110. The molecule has 2 rings (SSSR count). The summed E-state index contributed by atoms with van der Waals surface area (Å²) in [4.78, 5) is 0. The van der Waals surface area contributed by atoms with Crippen LogP contribution in [-0.4, -0.2) is 10.2 Å². The van der Waals surface area contributed by atoms with Gasteiger partial charge in [0.1, 0.15) is 0 Å². The summed E-state index contributed by atoms with van der Waals surface area (Å²) in [7, 11) is 0. The van der Waals surface area contributed by atoms with Gasteiger partial charge in [0.25, 0.3) is 0 Å². The van der Waals surface area contributed by atoms with Gasteiger partial charge in [0.15, 0.2) is 11.5 Å². The van der Waals surface area contributed by atoms with E-state index in [4.69, 9.17) is 56.6 Å². The van der Waals surface area contributed by atoms with Crippen LogP contribution in [0, 0.1) is 0 Å². The maximum absolute atomic E-state index is 8.94. The monoisotopic (exact) mass is 648 g/mol. The van der Waals surface area contributed by atoms with Crippen LogP contribution in [-0.2, 0) is 21.1 Å². The van der Waals surface area contributed by atoms with Gasteiger partial charge < -0.3 is 59.8 Å². The Bertz CT molecular complexity index is 467. The van der Waals surface area contributed by atoms with Crippen LogP contribution in [0.4, 0.5) is 0 Å². The largest absolute Gasteiger partial charge is 1.00 e. The molecule has 0 aliphatic carbocycles. The summed E-state index contributed by atoms with van der Waals surface area (Å²) in [6, 6.07) is 9.63. The molecule has 0 bridgehead atoms. The van der Waals surface area contributed by atoms with Gasteiger partial charge in [-0.25, -0.2) is 0 Å². The third-order valence-electron chi connectivity index (χ3n) is 1.88. The van der Waals surface area contributed by atoms with E-state index in [-0.39, 0.29) is 102 Å². The van der Waals surface area contributed by atoms with Crippen LogP contribution in [0.2, 0.25) is 20.1 Å². The molecule has 2 aromatic carbocycles. The first-order valence-corrected chi connectivity index (χ1v) is 6.20. The molecule has 0 saturated heterocycles. The number of aromatic hydroxyl groups is 2. The maximum atomic E-state index is 8.94. The Balaban J connectivity index is -0.0000000771. The standard InChI is InChI=1S/2C6H4Cl2O.4ClH.W/c2*7-4-2-1-3-5(8)6(4)9;;;;;/h2*1-3,9H;4*1H;/p-4. The van der Waals surface area contributed by atoms with Crippen molar-refractivity contribution >= 4 is 46.4 Å². The fraction of sp³-hybridized carbons (Fsp3) is 0. The Kier molecular flexibility index (Phi) is 27.3. The third kappa shape index (κ3) is 12.1.